The molecule has 2 heterocycles. The molecule has 0 amide bonds. The minimum Gasteiger partial charge on any atom is -0.478 e. The molecule has 0 aromatic carbocycles. The first-order chi connectivity index (χ1) is 8.49. The maximum Gasteiger partial charge on any atom is 0.337 e. The Morgan fingerprint density at radius 3 is 2.50 bits per heavy atom. The van der Waals surface area contributed by atoms with Crippen molar-refractivity contribution in [3.63, 3.8) is 0 Å². The molecule has 0 radical (unpaired) electrons. The molecular formula is C13H14N2O2S. The Morgan fingerprint density at radius 2 is 2.00 bits per heavy atom. The number of aryl methyl sites for hydroxylation is 1. The number of pyridine rings is 1. The van der Waals surface area contributed by atoms with Crippen LogP contribution in [0.1, 0.15) is 40.8 Å². The monoisotopic (exact) mass is 262 g/mol. The summed E-state index contributed by atoms with van der Waals surface area (Å²) in [7, 11) is 0. The van der Waals surface area contributed by atoms with Gasteiger partial charge in [-0.25, -0.2) is 14.8 Å². The third kappa shape index (κ3) is 2.41. The number of thiazole rings is 1. The van der Waals surface area contributed by atoms with E-state index in [2.05, 4.69) is 9.97 Å². The number of carboxylic acids is 1. The lowest BCUT2D eigenvalue weighted by molar-refractivity contribution is 0.0694. The van der Waals surface area contributed by atoms with Gasteiger partial charge in [0, 0.05) is 5.38 Å². The van der Waals surface area contributed by atoms with Crippen molar-refractivity contribution < 1.29 is 9.90 Å². The van der Waals surface area contributed by atoms with Gasteiger partial charge in [-0.3, -0.25) is 0 Å². The molecule has 0 aliphatic carbocycles. The third-order valence-electron chi connectivity index (χ3n) is 2.58. The van der Waals surface area contributed by atoms with Gasteiger partial charge >= 0.3 is 5.97 Å². The molecule has 94 valence electrons. The molecule has 4 nitrogen and oxygen atoms in total. The van der Waals surface area contributed by atoms with E-state index in [0.717, 1.165) is 16.4 Å². The largest absolute Gasteiger partial charge is 0.478 e. The fourth-order valence-electron chi connectivity index (χ4n) is 1.72. The summed E-state index contributed by atoms with van der Waals surface area (Å²) in [6, 6.07) is 3.32. The predicted molar refractivity (Wildman–Crippen MR) is 71.1 cm³/mol. The average Bonchev–Trinajstić information content (AvgIpc) is 2.75. The molecule has 0 aliphatic rings. The van der Waals surface area contributed by atoms with Crippen molar-refractivity contribution in [3.8, 4) is 11.4 Å². The molecule has 2 aromatic rings. The molecule has 5 heteroatoms. The lowest BCUT2D eigenvalue weighted by atomic mass is 10.0. The van der Waals surface area contributed by atoms with Crippen LogP contribution in [-0.4, -0.2) is 21.0 Å². The summed E-state index contributed by atoms with van der Waals surface area (Å²) in [5.74, 6) is -0.872. The van der Waals surface area contributed by atoms with Crippen molar-refractivity contribution in [3.05, 3.63) is 33.8 Å². The molecule has 18 heavy (non-hydrogen) atoms. The summed E-state index contributed by atoms with van der Waals surface area (Å²) in [5.41, 5.74) is 2.40. The van der Waals surface area contributed by atoms with Crippen LogP contribution in [0.15, 0.2) is 17.5 Å². The van der Waals surface area contributed by atoms with Crippen LogP contribution in [0.3, 0.4) is 0 Å². The van der Waals surface area contributed by atoms with Gasteiger partial charge in [0.1, 0.15) is 0 Å². The van der Waals surface area contributed by atoms with Gasteiger partial charge in [0.05, 0.1) is 27.7 Å². The highest BCUT2D eigenvalue weighted by Gasteiger charge is 2.16. The van der Waals surface area contributed by atoms with Crippen LogP contribution in [0.25, 0.3) is 11.4 Å². The normalized spacial score (nSPS) is 10.9. The third-order valence-corrected chi connectivity index (χ3v) is 3.36. The molecule has 1 N–H and O–H groups in total. The first kappa shape index (κ1) is 12.7. The molecule has 0 spiro atoms. The molecule has 2 rings (SSSR count). The van der Waals surface area contributed by atoms with Crippen molar-refractivity contribution in [1.82, 2.24) is 9.97 Å². The number of aromatic nitrogens is 2. The molecule has 0 atom stereocenters. The molecule has 0 bridgehead atoms. The zero-order chi connectivity index (χ0) is 13.3. The fraction of sp³-hybridized carbons (Fsp3) is 0.308. The van der Waals surface area contributed by atoms with Crippen molar-refractivity contribution in [2.24, 2.45) is 0 Å². The summed E-state index contributed by atoms with van der Waals surface area (Å²) in [6.07, 6.45) is 0. The van der Waals surface area contributed by atoms with E-state index in [-0.39, 0.29) is 11.5 Å². The number of carbonyl (C=O) groups is 1. The highest BCUT2D eigenvalue weighted by atomic mass is 32.1. The summed E-state index contributed by atoms with van der Waals surface area (Å²) in [6.45, 7) is 5.80. The summed E-state index contributed by atoms with van der Waals surface area (Å²) >= 11 is 1.56. The quantitative estimate of drug-likeness (QED) is 0.921. The fourth-order valence-corrected chi connectivity index (χ4v) is 2.33. The summed E-state index contributed by atoms with van der Waals surface area (Å²) < 4.78 is 0. The summed E-state index contributed by atoms with van der Waals surface area (Å²) in [5, 5.41) is 12.0. The average molecular weight is 262 g/mol. The number of nitrogens with zero attached hydrogens (tertiary/aromatic N) is 2. The van der Waals surface area contributed by atoms with E-state index < -0.39 is 5.97 Å². The van der Waals surface area contributed by atoms with E-state index in [9.17, 15) is 4.79 Å². The lowest BCUT2D eigenvalue weighted by Gasteiger charge is -2.09. The van der Waals surface area contributed by atoms with Crippen LogP contribution < -0.4 is 0 Å². The minimum absolute atomic E-state index is 0.0655. The van der Waals surface area contributed by atoms with Gasteiger partial charge in [-0.05, 0) is 25.0 Å². The number of carboxylic acid groups (broad SMARTS) is 1. The molecule has 2 aromatic heterocycles. The Labute approximate surface area is 109 Å². The first-order valence-electron chi connectivity index (χ1n) is 5.65. The maximum absolute atomic E-state index is 11.1. The van der Waals surface area contributed by atoms with Gasteiger partial charge in [-0.1, -0.05) is 13.8 Å². The molecule has 0 fully saturated rings. The zero-order valence-corrected chi connectivity index (χ0v) is 11.3. The Bertz CT molecular complexity index is 590. The number of hydrogen-bond acceptors (Lipinski definition) is 4. The Morgan fingerprint density at radius 1 is 1.28 bits per heavy atom. The maximum atomic E-state index is 11.1. The van der Waals surface area contributed by atoms with Gasteiger partial charge in [0.25, 0.3) is 0 Å². The zero-order valence-electron chi connectivity index (χ0n) is 10.5. The van der Waals surface area contributed by atoms with E-state index in [0.29, 0.717) is 5.69 Å². The summed E-state index contributed by atoms with van der Waals surface area (Å²) in [4.78, 5) is 19.9. The Kier molecular flexibility index (Phi) is 3.43. The van der Waals surface area contributed by atoms with Crippen molar-refractivity contribution in [2.45, 2.75) is 26.7 Å². The van der Waals surface area contributed by atoms with Crippen molar-refractivity contribution in [1.29, 1.82) is 0 Å². The molecule has 0 saturated carbocycles. The standard InChI is InChI=1S/C13H14N2O2S/c1-7(2)12-9(13(16)17)4-5-10(15-12)11-6-18-8(3)14-11/h4-7H,1-3H3,(H,16,17). The molecule has 0 unspecified atom stereocenters. The number of rotatable bonds is 3. The second-order valence-corrected chi connectivity index (χ2v) is 5.40. The SMILES string of the molecule is Cc1nc(-c2ccc(C(=O)O)c(C(C)C)n2)cs1. The Hall–Kier alpha value is -1.75. The van der Waals surface area contributed by atoms with Gasteiger partial charge in [-0.2, -0.15) is 0 Å². The van der Waals surface area contributed by atoms with Crippen LogP contribution in [0.4, 0.5) is 0 Å². The van der Waals surface area contributed by atoms with Gasteiger partial charge in [-0.15, -0.1) is 11.3 Å². The second-order valence-electron chi connectivity index (χ2n) is 4.34. The predicted octanol–water partition coefficient (Wildman–Crippen LogP) is 3.34. The Balaban J connectivity index is 2.53. The van der Waals surface area contributed by atoms with Crippen LogP contribution in [0.2, 0.25) is 0 Å². The lowest BCUT2D eigenvalue weighted by Crippen LogP contribution is -2.07. The van der Waals surface area contributed by atoms with Gasteiger partial charge < -0.3 is 5.11 Å². The van der Waals surface area contributed by atoms with Gasteiger partial charge in [0.15, 0.2) is 0 Å². The molecule has 0 aliphatic heterocycles. The first-order valence-corrected chi connectivity index (χ1v) is 6.53. The van der Waals surface area contributed by atoms with E-state index >= 15 is 0 Å². The van der Waals surface area contributed by atoms with E-state index in [1.165, 1.54) is 0 Å². The van der Waals surface area contributed by atoms with Gasteiger partial charge in [0.2, 0.25) is 0 Å². The topological polar surface area (TPSA) is 63.1 Å². The van der Waals surface area contributed by atoms with Crippen molar-refractivity contribution in [2.75, 3.05) is 0 Å². The van der Waals surface area contributed by atoms with E-state index in [1.54, 1.807) is 23.5 Å². The van der Waals surface area contributed by atoms with E-state index in [4.69, 9.17) is 5.11 Å². The van der Waals surface area contributed by atoms with Crippen LogP contribution >= 0.6 is 11.3 Å². The van der Waals surface area contributed by atoms with Crippen molar-refractivity contribution >= 4 is 17.3 Å². The van der Waals surface area contributed by atoms with E-state index in [1.807, 2.05) is 26.2 Å². The number of aromatic carboxylic acids is 1. The molecular weight excluding hydrogens is 248 g/mol. The van der Waals surface area contributed by atoms with Crippen LogP contribution in [-0.2, 0) is 0 Å². The smallest absolute Gasteiger partial charge is 0.337 e. The number of hydrogen-bond donors (Lipinski definition) is 1. The highest BCUT2D eigenvalue weighted by Crippen LogP contribution is 2.24. The minimum atomic E-state index is -0.938. The highest BCUT2D eigenvalue weighted by molar-refractivity contribution is 7.09. The molecule has 0 saturated heterocycles. The van der Waals surface area contributed by atoms with Crippen LogP contribution in [0, 0.1) is 6.92 Å². The second kappa shape index (κ2) is 4.86. The van der Waals surface area contributed by atoms with Crippen LogP contribution in [0.5, 0.6) is 0 Å².